The van der Waals surface area contributed by atoms with Crippen molar-refractivity contribution in [2.45, 2.75) is 219 Å². The van der Waals surface area contributed by atoms with Crippen molar-refractivity contribution >= 4 is 11.9 Å². The molecule has 0 aromatic rings. The minimum atomic E-state index is -0.129. The Balaban J connectivity index is 3.44. The molecule has 0 N–H and O–H groups in total. The van der Waals surface area contributed by atoms with E-state index in [1.54, 1.807) is 24.2 Å². The van der Waals surface area contributed by atoms with Gasteiger partial charge in [0.05, 0.1) is 0 Å². The van der Waals surface area contributed by atoms with Gasteiger partial charge in [0, 0.05) is 26.1 Å². The maximum Gasteiger partial charge on any atom is 0.306 e. The molecule has 0 rings (SSSR count). The van der Waals surface area contributed by atoms with E-state index in [1.807, 2.05) is 0 Å². The molecule has 0 aromatic heterocycles. The van der Waals surface area contributed by atoms with Gasteiger partial charge in [-0.25, -0.2) is 0 Å². The van der Waals surface area contributed by atoms with Crippen LogP contribution in [0.15, 0.2) is 12.3 Å². The monoisotopic (exact) mass is 620 g/mol. The third kappa shape index (κ3) is 33.6. The van der Waals surface area contributed by atoms with Crippen LogP contribution in [0.2, 0.25) is 0 Å². The number of hydrogen-bond donors (Lipinski definition) is 0. The van der Waals surface area contributed by atoms with Crippen LogP contribution < -0.4 is 0 Å². The molecule has 0 aliphatic carbocycles. The Morgan fingerprint density at radius 3 is 1.09 bits per heavy atom. The first-order chi connectivity index (χ1) is 21.6. The molecule has 4 nitrogen and oxygen atoms in total. The van der Waals surface area contributed by atoms with E-state index in [0.717, 1.165) is 25.7 Å². The highest BCUT2D eigenvalue weighted by Gasteiger charge is 2.06. The molecule has 0 saturated heterocycles. The standard InChI is InChI=1S/C40H77NO3/c1-4-6-8-10-12-14-16-18-20-22-24-26-28-30-32-35-39(42)41(3)37-34-38-44-40(43)36-33-31-29-27-25-23-21-19-17-15-13-11-9-7-5-2/h34,37H,4-33,35-36,38H2,1-3H3. The fraction of sp³-hybridized carbons (Fsp3) is 0.900. The quantitative estimate of drug-likeness (QED) is 0.0523. The van der Waals surface area contributed by atoms with Gasteiger partial charge in [-0.2, -0.15) is 0 Å². The van der Waals surface area contributed by atoms with E-state index in [4.69, 9.17) is 4.74 Å². The SMILES string of the molecule is CCCCCCCCCCCCCCCCCC(=O)OCC=CN(C)C(=O)CCCCCCCCCCCCCCCCC. The van der Waals surface area contributed by atoms with Gasteiger partial charge in [-0.05, 0) is 18.9 Å². The lowest BCUT2D eigenvalue weighted by Crippen LogP contribution is -2.20. The molecule has 1 amide bonds. The fourth-order valence-corrected chi connectivity index (χ4v) is 5.96. The number of nitrogens with zero attached hydrogens (tertiary/aromatic N) is 1. The minimum Gasteiger partial charge on any atom is -0.461 e. The summed E-state index contributed by atoms with van der Waals surface area (Å²) in [5.74, 6) is 0.0104. The van der Waals surface area contributed by atoms with Crippen molar-refractivity contribution in [2.24, 2.45) is 0 Å². The van der Waals surface area contributed by atoms with Gasteiger partial charge in [0.2, 0.25) is 5.91 Å². The lowest BCUT2D eigenvalue weighted by Gasteiger charge is -2.12. The Kier molecular flexibility index (Phi) is 35.1. The molecule has 0 aliphatic rings. The maximum atomic E-state index is 12.3. The first-order valence-electron chi connectivity index (χ1n) is 19.7. The molecule has 0 saturated carbocycles. The van der Waals surface area contributed by atoms with Gasteiger partial charge in [-0.15, -0.1) is 0 Å². The van der Waals surface area contributed by atoms with E-state index < -0.39 is 0 Å². The van der Waals surface area contributed by atoms with E-state index in [1.165, 1.54) is 167 Å². The van der Waals surface area contributed by atoms with Crippen molar-refractivity contribution < 1.29 is 14.3 Å². The Morgan fingerprint density at radius 1 is 0.455 bits per heavy atom. The predicted molar refractivity (Wildman–Crippen MR) is 192 cm³/mol. The molecule has 0 atom stereocenters. The van der Waals surface area contributed by atoms with Crippen LogP contribution in [0.25, 0.3) is 0 Å². The van der Waals surface area contributed by atoms with Crippen LogP contribution >= 0.6 is 0 Å². The maximum absolute atomic E-state index is 12.3. The van der Waals surface area contributed by atoms with Crippen LogP contribution in [0.1, 0.15) is 219 Å². The first kappa shape index (κ1) is 42.7. The summed E-state index contributed by atoms with van der Waals surface area (Å²) in [5.41, 5.74) is 0. The minimum absolute atomic E-state index is 0.129. The van der Waals surface area contributed by atoms with E-state index in [2.05, 4.69) is 13.8 Å². The lowest BCUT2D eigenvalue weighted by molar-refractivity contribution is -0.142. The molecule has 260 valence electrons. The number of ether oxygens (including phenoxy) is 1. The smallest absolute Gasteiger partial charge is 0.306 e. The van der Waals surface area contributed by atoms with Crippen LogP contribution in [0.5, 0.6) is 0 Å². The number of rotatable bonds is 35. The number of unbranched alkanes of at least 4 members (excludes halogenated alkanes) is 28. The zero-order chi connectivity index (χ0) is 32.2. The number of carbonyl (C=O) groups excluding carboxylic acids is 2. The summed E-state index contributed by atoms with van der Waals surface area (Å²) in [4.78, 5) is 26.0. The summed E-state index contributed by atoms with van der Waals surface area (Å²) >= 11 is 0. The number of amides is 1. The molecule has 4 heteroatoms. The van der Waals surface area contributed by atoms with Gasteiger partial charge in [0.15, 0.2) is 0 Å². The van der Waals surface area contributed by atoms with Crippen molar-refractivity contribution in [1.82, 2.24) is 4.90 Å². The molecular weight excluding hydrogens is 542 g/mol. The summed E-state index contributed by atoms with van der Waals surface area (Å²) in [6.45, 7) is 4.80. The molecular formula is C40H77NO3. The molecule has 0 spiro atoms. The van der Waals surface area contributed by atoms with E-state index >= 15 is 0 Å². The molecule has 0 aliphatic heterocycles. The van der Waals surface area contributed by atoms with Crippen molar-refractivity contribution in [3.8, 4) is 0 Å². The Morgan fingerprint density at radius 2 is 0.750 bits per heavy atom. The average Bonchev–Trinajstić information content (AvgIpc) is 3.02. The Labute approximate surface area is 275 Å². The Bertz CT molecular complexity index is 632. The zero-order valence-electron chi connectivity index (χ0n) is 30.2. The largest absolute Gasteiger partial charge is 0.461 e. The highest BCUT2D eigenvalue weighted by atomic mass is 16.5. The molecule has 0 bridgehead atoms. The molecule has 44 heavy (non-hydrogen) atoms. The van der Waals surface area contributed by atoms with E-state index in [9.17, 15) is 9.59 Å². The first-order valence-corrected chi connectivity index (χ1v) is 19.7. The summed E-state index contributed by atoms with van der Waals surface area (Å²) in [6, 6.07) is 0. The zero-order valence-corrected chi connectivity index (χ0v) is 30.2. The second-order valence-corrected chi connectivity index (χ2v) is 13.5. The van der Waals surface area contributed by atoms with Gasteiger partial charge in [0.1, 0.15) is 6.61 Å². The van der Waals surface area contributed by atoms with Crippen LogP contribution in [0, 0.1) is 0 Å². The lowest BCUT2D eigenvalue weighted by atomic mass is 10.0. The van der Waals surface area contributed by atoms with Crippen LogP contribution in [-0.4, -0.2) is 30.4 Å². The fourth-order valence-electron chi connectivity index (χ4n) is 5.96. The average molecular weight is 620 g/mol. The third-order valence-corrected chi connectivity index (χ3v) is 9.04. The van der Waals surface area contributed by atoms with Gasteiger partial charge in [-0.3, -0.25) is 9.59 Å². The van der Waals surface area contributed by atoms with Gasteiger partial charge < -0.3 is 9.64 Å². The van der Waals surface area contributed by atoms with Crippen molar-refractivity contribution in [1.29, 1.82) is 0 Å². The molecule has 0 aromatic carbocycles. The summed E-state index contributed by atoms with van der Waals surface area (Å²) < 4.78 is 5.32. The highest BCUT2D eigenvalue weighted by Crippen LogP contribution is 2.15. The van der Waals surface area contributed by atoms with Crippen LogP contribution in [0.4, 0.5) is 0 Å². The van der Waals surface area contributed by atoms with Gasteiger partial charge in [0.25, 0.3) is 0 Å². The number of carbonyl (C=O) groups is 2. The normalized spacial score (nSPS) is 11.4. The summed E-state index contributed by atoms with van der Waals surface area (Å²) in [6.07, 6.45) is 44.5. The van der Waals surface area contributed by atoms with Crippen LogP contribution in [0.3, 0.4) is 0 Å². The van der Waals surface area contributed by atoms with Crippen molar-refractivity contribution in [3.05, 3.63) is 12.3 Å². The topological polar surface area (TPSA) is 46.6 Å². The third-order valence-electron chi connectivity index (χ3n) is 9.04. The van der Waals surface area contributed by atoms with E-state index in [0.29, 0.717) is 12.8 Å². The molecule has 0 heterocycles. The summed E-state index contributed by atoms with van der Waals surface area (Å²) in [7, 11) is 1.79. The van der Waals surface area contributed by atoms with Crippen molar-refractivity contribution in [3.63, 3.8) is 0 Å². The molecule has 0 unspecified atom stereocenters. The number of hydrogen-bond acceptors (Lipinski definition) is 3. The Hall–Kier alpha value is -1.32. The number of esters is 1. The van der Waals surface area contributed by atoms with Gasteiger partial charge in [-0.1, -0.05) is 194 Å². The predicted octanol–water partition coefficient (Wildman–Crippen LogP) is 13.0. The van der Waals surface area contributed by atoms with Crippen molar-refractivity contribution in [2.75, 3.05) is 13.7 Å². The van der Waals surface area contributed by atoms with Gasteiger partial charge >= 0.3 is 5.97 Å². The molecule has 0 radical (unpaired) electrons. The highest BCUT2D eigenvalue weighted by molar-refractivity contribution is 5.76. The molecule has 0 fully saturated rings. The van der Waals surface area contributed by atoms with Crippen LogP contribution in [-0.2, 0) is 14.3 Å². The summed E-state index contributed by atoms with van der Waals surface area (Å²) in [5, 5.41) is 0. The second-order valence-electron chi connectivity index (χ2n) is 13.5. The van der Waals surface area contributed by atoms with E-state index in [-0.39, 0.29) is 18.5 Å². The second kappa shape index (κ2) is 36.2.